The quantitative estimate of drug-likeness (QED) is 0.458. The number of rotatable bonds is 6. The van der Waals surface area contributed by atoms with E-state index in [1.54, 1.807) is 0 Å². The van der Waals surface area contributed by atoms with Gasteiger partial charge in [0, 0.05) is 17.8 Å². The van der Waals surface area contributed by atoms with Crippen LogP contribution in [-0.2, 0) is 0 Å². The maximum atomic E-state index is 12.3. The van der Waals surface area contributed by atoms with Gasteiger partial charge in [0.2, 0.25) is 0 Å². The fourth-order valence-corrected chi connectivity index (χ4v) is 3.52. The predicted molar refractivity (Wildman–Crippen MR) is 118 cm³/mol. The summed E-state index contributed by atoms with van der Waals surface area (Å²) in [7, 11) is 0. The lowest BCUT2D eigenvalue weighted by molar-refractivity contribution is 0.252. The number of anilines is 1. The van der Waals surface area contributed by atoms with E-state index in [1.807, 2.05) is 48.5 Å². The number of carbonyl (C=O) groups excluding carboxylic acids is 1. The van der Waals surface area contributed by atoms with E-state index in [0.717, 1.165) is 17.3 Å². The fourth-order valence-electron chi connectivity index (χ4n) is 3.52. The molecule has 1 heterocycles. The van der Waals surface area contributed by atoms with Gasteiger partial charge in [-0.3, -0.25) is 5.32 Å². The first-order valence-corrected chi connectivity index (χ1v) is 9.80. The Labute approximate surface area is 170 Å². The molecule has 0 aliphatic heterocycles. The Morgan fingerprint density at radius 3 is 2.07 bits per heavy atom. The summed E-state index contributed by atoms with van der Waals surface area (Å²) < 4.78 is 0. The number of nitrogens with zero attached hydrogens (tertiary/aromatic N) is 1. The molecule has 1 aromatic heterocycles. The molecule has 144 valence electrons. The molecule has 3 aromatic carbocycles. The lowest BCUT2D eigenvalue weighted by atomic mass is 9.88. The number of nitrogens with one attached hydrogen (secondary N) is 2. The van der Waals surface area contributed by atoms with Crippen molar-refractivity contribution in [1.29, 1.82) is 0 Å². The number of amides is 2. The van der Waals surface area contributed by atoms with Crippen LogP contribution in [0.15, 0.2) is 97.1 Å². The first-order chi connectivity index (χ1) is 14.3. The van der Waals surface area contributed by atoms with Crippen LogP contribution in [0.2, 0.25) is 0 Å². The highest BCUT2D eigenvalue weighted by molar-refractivity contribution is 5.90. The van der Waals surface area contributed by atoms with Crippen LogP contribution in [0, 0.1) is 0 Å². The monoisotopic (exact) mass is 381 g/mol. The van der Waals surface area contributed by atoms with Crippen molar-refractivity contribution in [3.8, 4) is 0 Å². The topological polar surface area (TPSA) is 54.0 Å². The number of urea groups is 1. The van der Waals surface area contributed by atoms with Gasteiger partial charge in [-0.05, 0) is 35.7 Å². The van der Waals surface area contributed by atoms with Gasteiger partial charge in [-0.2, -0.15) is 0 Å². The maximum Gasteiger partial charge on any atom is 0.320 e. The Kier molecular flexibility index (Phi) is 5.81. The summed E-state index contributed by atoms with van der Waals surface area (Å²) in [6.45, 7) is 0.563. The van der Waals surface area contributed by atoms with Gasteiger partial charge >= 0.3 is 6.03 Å². The molecule has 29 heavy (non-hydrogen) atoms. The lowest BCUT2D eigenvalue weighted by Crippen LogP contribution is -2.30. The van der Waals surface area contributed by atoms with Gasteiger partial charge in [0.1, 0.15) is 5.82 Å². The summed E-state index contributed by atoms with van der Waals surface area (Å²) in [5, 5.41) is 6.83. The molecule has 2 N–H and O–H groups in total. The van der Waals surface area contributed by atoms with E-state index >= 15 is 0 Å². The lowest BCUT2D eigenvalue weighted by Gasteiger charge is -2.18. The molecule has 0 aliphatic rings. The number of fused-ring (bicyclic) bond motifs is 1. The third-order valence-corrected chi connectivity index (χ3v) is 4.96. The van der Waals surface area contributed by atoms with E-state index in [0.29, 0.717) is 12.4 Å². The first-order valence-electron chi connectivity index (χ1n) is 9.80. The molecule has 4 nitrogen and oxygen atoms in total. The second-order valence-corrected chi connectivity index (χ2v) is 6.93. The number of hydrogen-bond donors (Lipinski definition) is 2. The molecule has 0 bridgehead atoms. The number of aromatic nitrogens is 1. The highest BCUT2D eigenvalue weighted by atomic mass is 16.2. The molecule has 0 radical (unpaired) electrons. The first kappa shape index (κ1) is 18.7. The van der Waals surface area contributed by atoms with Gasteiger partial charge in [-0.25, -0.2) is 9.78 Å². The molecule has 0 fully saturated rings. The van der Waals surface area contributed by atoms with Crippen molar-refractivity contribution in [2.24, 2.45) is 0 Å². The molecule has 0 unspecified atom stereocenters. The summed E-state index contributed by atoms with van der Waals surface area (Å²) in [6.07, 6.45) is 0.812. The Morgan fingerprint density at radius 1 is 0.759 bits per heavy atom. The molecule has 0 spiro atoms. The van der Waals surface area contributed by atoms with Crippen molar-refractivity contribution in [2.45, 2.75) is 12.3 Å². The predicted octanol–water partition coefficient (Wildman–Crippen LogP) is 5.58. The molecule has 0 saturated heterocycles. The fraction of sp³-hybridized carbons (Fsp3) is 0.120. The van der Waals surface area contributed by atoms with Crippen molar-refractivity contribution in [3.63, 3.8) is 0 Å². The van der Waals surface area contributed by atoms with E-state index in [1.165, 1.54) is 11.1 Å². The standard InChI is InChI=1S/C25H23N3O/c29-25(28-24-16-15-21-13-7-8-14-23(21)27-24)26-18-17-22(19-9-3-1-4-10-19)20-11-5-2-6-12-20/h1-16,22H,17-18H2,(H2,26,27,28,29). The van der Waals surface area contributed by atoms with E-state index in [2.05, 4.69) is 64.1 Å². The van der Waals surface area contributed by atoms with E-state index in [4.69, 9.17) is 0 Å². The summed E-state index contributed by atoms with van der Waals surface area (Å²) in [5.74, 6) is 0.778. The summed E-state index contributed by atoms with van der Waals surface area (Å²) >= 11 is 0. The molecule has 0 atom stereocenters. The van der Waals surface area contributed by atoms with Crippen molar-refractivity contribution >= 4 is 22.8 Å². The van der Waals surface area contributed by atoms with E-state index < -0.39 is 0 Å². The third kappa shape index (κ3) is 4.79. The molecule has 4 aromatic rings. The van der Waals surface area contributed by atoms with Crippen LogP contribution in [-0.4, -0.2) is 17.6 Å². The average molecular weight is 381 g/mol. The molecular formula is C25H23N3O. The van der Waals surface area contributed by atoms with Crippen LogP contribution in [0.4, 0.5) is 10.6 Å². The second kappa shape index (κ2) is 9.02. The Hall–Kier alpha value is -3.66. The normalized spacial score (nSPS) is 10.8. The van der Waals surface area contributed by atoms with Crippen LogP contribution >= 0.6 is 0 Å². The summed E-state index contributed by atoms with van der Waals surface area (Å²) in [6, 6.07) is 32.2. The van der Waals surface area contributed by atoms with Crippen LogP contribution in [0.5, 0.6) is 0 Å². The Balaban J connectivity index is 1.38. The minimum absolute atomic E-state index is 0.233. The van der Waals surface area contributed by atoms with Crippen LogP contribution in [0.3, 0.4) is 0 Å². The largest absolute Gasteiger partial charge is 0.338 e. The van der Waals surface area contributed by atoms with Gasteiger partial charge in [-0.1, -0.05) is 78.9 Å². The molecular weight excluding hydrogens is 358 g/mol. The van der Waals surface area contributed by atoms with Crippen LogP contribution in [0.25, 0.3) is 10.9 Å². The zero-order valence-corrected chi connectivity index (χ0v) is 16.1. The highest BCUT2D eigenvalue weighted by Crippen LogP contribution is 2.27. The number of carbonyl (C=O) groups is 1. The van der Waals surface area contributed by atoms with Crippen molar-refractivity contribution in [3.05, 3.63) is 108 Å². The minimum Gasteiger partial charge on any atom is -0.338 e. The molecule has 0 aliphatic carbocycles. The van der Waals surface area contributed by atoms with Gasteiger partial charge < -0.3 is 5.32 Å². The van der Waals surface area contributed by atoms with Crippen molar-refractivity contribution < 1.29 is 4.79 Å². The Morgan fingerprint density at radius 2 is 1.38 bits per heavy atom. The summed E-state index contributed by atoms with van der Waals surface area (Å²) in [5.41, 5.74) is 3.35. The third-order valence-electron chi connectivity index (χ3n) is 4.96. The minimum atomic E-state index is -0.243. The van der Waals surface area contributed by atoms with Crippen LogP contribution < -0.4 is 10.6 Å². The SMILES string of the molecule is O=C(NCCC(c1ccccc1)c1ccccc1)Nc1ccc2ccccc2n1. The van der Waals surface area contributed by atoms with E-state index in [9.17, 15) is 4.79 Å². The van der Waals surface area contributed by atoms with Gasteiger partial charge in [-0.15, -0.1) is 0 Å². The number of benzene rings is 3. The van der Waals surface area contributed by atoms with Gasteiger partial charge in [0.25, 0.3) is 0 Å². The Bertz CT molecular complexity index is 1040. The highest BCUT2D eigenvalue weighted by Gasteiger charge is 2.14. The van der Waals surface area contributed by atoms with Crippen molar-refractivity contribution in [2.75, 3.05) is 11.9 Å². The number of pyridine rings is 1. The molecule has 0 saturated carbocycles. The smallest absolute Gasteiger partial charge is 0.320 e. The maximum absolute atomic E-state index is 12.3. The zero-order chi connectivity index (χ0) is 19.9. The summed E-state index contributed by atoms with van der Waals surface area (Å²) in [4.78, 5) is 16.8. The van der Waals surface area contributed by atoms with Gasteiger partial charge in [0.05, 0.1) is 5.52 Å². The van der Waals surface area contributed by atoms with Crippen molar-refractivity contribution in [1.82, 2.24) is 10.3 Å². The number of hydrogen-bond acceptors (Lipinski definition) is 2. The second-order valence-electron chi connectivity index (χ2n) is 6.93. The van der Waals surface area contributed by atoms with Crippen LogP contribution in [0.1, 0.15) is 23.5 Å². The molecule has 4 rings (SSSR count). The molecule has 4 heteroatoms. The van der Waals surface area contributed by atoms with Gasteiger partial charge in [0.15, 0.2) is 0 Å². The average Bonchev–Trinajstić information content (AvgIpc) is 2.78. The number of para-hydroxylation sites is 1. The molecule has 2 amide bonds. The zero-order valence-electron chi connectivity index (χ0n) is 16.1. The van der Waals surface area contributed by atoms with E-state index in [-0.39, 0.29) is 11.9 Å².